The smallest absolute Gasteiger partial charge is 0.191 e. The largest absolute Gasteiger partial charge is 0.379 e. The first-order valence-corrected chi connectivity index (χ1v) is 8.34. The fourth-order valence-corrected chi connectivity index (χ4v) is 2.24. The average molecular weight is 314 g/mol. The summed E-state index contributed by atoms with van der Waals surface area (Å²) in [5.74, 6) is 1.43. The van der Waals surface area contributed by atoms with Gasteiger partial charge in [-0.15, -0.1) is 0 Å². The summed E-state index contributed by atoms with van der Waals surface area (Å²) >= 11 is 0. The second kappa shape index (κ2) is 10.0. The lowest BCUT2D eigenvalue weighted by Crippen LogP contribution is -2.44. The summed E-state index contributed by atoms with van der Waals surface area (Å²) in [5, 5.41) is 6.72. The first-order valence-electron chi connectivity index (χ1n) is 8.34. The maximum atomic E-state index is 5.41. The molecular formula is C16H34N4O2. The molecule has 0 saturated carbocycles. The van der Waals surface area contributed by atoms with Crippen LogP contribution in [-0.2, 0) is 9.47 Å². The van der Waals surface area contributed by atoms with Crippen molar-refractivity contribution in [3.8, 4) is 0 Å². The van der Waals surface area contributed by atoms with Crippen molar-refractivity contribution >= 4 is 5.96 Å². The van der Waals surface area contributed by atoms with Gasteiger partial charge in [0.2, 0.25) is 0 Å². The molecule has 0 aromatic carbocycles. The van der Waals surface area contributed by atoms with E-state index in [1.54, 1.807) is 7.11 Å². The van der Waals surface area contributed by atoms with Crippen molar-refractivity contribution < 1.29 is 9.47 Å². The molecule has 1 heterocycles. The van der Waals surface area contributed by atoms with Gasteiger partial charge < -0.3 is 20.1 Å². The van der Waals surface area contributed by atoms with Gasteiger partial charge >= 0.3 is 0 Å². The predicted octanol–water partition coefficient (Wildman–Crippen LogP) is 0.935. The van der Waals surface area contributed by atoms with Crippen LogP contribution in [0.2, 0.25) is 0 Å². The number of morpholine rings is 1. The molecule has 0 amide bonds. The Hall–Kier alpha value is -0.850. The van der Waals surface area contributed by atoms with Crippen LogP contribution in [0.25, 0.3) is 0 Å². The number of methoxy groups -OCH3 is 1. The molecule has 6 nitrogen and oxygen atoms in total. The minimum atomic E-state index is -0.234. The minimum absolute atomic E-state index is 0.234. The molecule has 2 N–H and O–H groups in total. The molecule has 130 valence electrons. The van der Waals surface area contributed by atoms with Gasteiger partial charge in [-0.1, -0.05) is 6.92 Å². The first-order chi connectivity index (χ1) is 10.5. The lowest BCUT2D eigenvalue weighted by Gasteiger charge is -2.29. The number of hydrogen-bond acceptors (Lipinski definition) is 4. The van der Waals surface area contributed by atoms with Crippen molar-refractivity contribution in [3.05, 3.63) is 0 Å². The first kappa shape index (κ1) is 19.2. The Morgan fingerprint density at radius 3 is 2.59 bits per heavy atom. The highest BCUT2D eigenvalue weighted by Crippen LogP contribution is 2.07. The van der Waals surface area contributed by atoms with E-state index >= 15 is 0 Å². The fraction of sp³-hybridized carbons (Fsp3) is 0.938. The zero-order chi connectivity index (χ0) is 16.4. The van der Waals surface area contributed by atoms with Gasteiger partial charge in [0, 0.05) is 39.8 Å². The molecule has 0 aromatic heterocycles. The van der Waals surface area contributed by atoms with Gasteiger partial charge in [0.25, 0.3) is 0 Å². The van der Waals surface area contributed by atoms with Crippen molar-refractivity contribution in [2.75, 3.05) is 59.6 Å². The average Bonchev–Trinajstić information content (AvgIpc) is 2.51. The number of rotatable bonds is 8. The van der Waals surface area contributed by atoms with Crippen LogP contribution in [0.1, 0.15) is 27.7 Å². The minimum Gasteiger partial charge on any atom is -0.379 e. The van der Waals surface area contributed by atoms with Gasteiger partial charge in [-0.2, -0.15) is 0 Å². The Labute approximate surface area is 135 Å². The number of hydrogen-bond donors (Lipinski definition) is 2. The van der Waals surface area contributed by atoms with Gasteiger partial charge in [0.05, 0.1) is 25.4 Å². The second-order valence-electron chi connectivity index (χ2n) is 6.56. The van der Waals surface area contributed by atoms with Crippen LogP contribution in [0, 0.1) is 5.92 Å². The van der Waals surface area contributed by atoms with E-state index in [0.29, 0.717) is 12.5 Å². The van der Waals surface area contributed by atoms with Crippen molar-refractivity contribution in [1.29, 1.82) is 0 Å². The normalized spacial score (nSPS) is 19.0. The van der Waals surface area contributed by atoms with E-state index in [0.717, 1.165) is 51.9 Å². The van der Waals surface area contributed by atoms with E-state index in [1.807, 2.05) is 13.8 Å². The summed E-state index contributed by atoms with van der Waals surface area (Å²) in [5.41, 5.74) is -0.234. The molecule has 0 radical (unpaired) electrons. The molecule has 0 aliphatic carbocycles. The summed E-state index contributed by atoms with van der Waals surface area (Å²) in [4.78, 5) is 7.08. The van der Waals surface area contributed by atoms with E-state index in [-0.39, 0.29) is 5.60 Å². The zero-order valence-electron chi connectivity index (χ0n) is 14.9. The maximum absolute atomic E-state index is 5.41. The Bertz CT molecular complexity index is 328. The summed E-state index contributed by atoms with van der Waals surface area (Å²) in [6.07, 6.45) is 0. The molecule has 1 atom stereocenters. The lowest BCUT2D eigenvalue weighted by atomic mass is 10.1. The van der Waals surface area contributed by atoms with Crippen LogP contribution >= 0.6 is 0 Å². The lowest BCUT2D eigenvalue weighted by molar-refractivity contribution is 0.0309. The molecule has 6 heteroatoms. The third kappa shape index (κ3) is 7.96. The van der Waals surface area contributed by atoms with Gasteiger partial charge in [-0.25, -0.2) is 0 Å². The molecule has 1 saturated heterocycles. The topological polar surface area (TPSA) is 58.1 Å². The third-order valence-electron chi connectivity index (χ3n) is 3.81. The Balaban J connectivity index is 2.37. The van der Waals surface area contributed by atoms with Crippen molar-refractivity contribution in [3.63, 3.8) is 0 Å². The Morgan fingerprint density at radius 2 is 2.00 bits per heavy atom. The number of ether oxygens (including phenoxy) is 2. The van der Waals surface area contributed by atoms with Crippen LogP contribution in [0.3, 0.4) is 0 Å². The molecule has 22 heavy (non-hydrogen) atoms. The highest BCUT2D eigenvalue weighted by molar-refractivity contribution is 5.79. The number of guanidine groups is 1. The molecule has 1 unspecified atom stereocenters. The fourth-order valence-electron chi connectivity index (χ4n) is 2.24. The van der Waals surface area contributed by atoms with E-state index in [9.17, 15) is 0 Å². The molecule has 1 aliphatic rings. The number of nitrogens with zero attached hydrogens (tertiary/aromatic N) is 2. The number of nitrogens with one attached hydrogen (secondary N) is 2. The van der Waals surface area contributed by atoms with E-state index < -0.39 is 0 Å². The highest BCUT2D eigenvalue weighted by Gasteiger charge is 2.16. The zero-order valence-corrected chi connectivity index (χ0v) is 14.9. The predicted molar refractivity (Wildman–Crippen MR) is 91.5 cm³/mol. The molecule has 1 rings (SSSR count). The second-order valence-corrected chi connectivity index (χ2v) is 6.56. The monoisotopic (exact) mass is 314 g/mol. The Kier molecular flexibility index (Phi) is 8.75. The maximum Gasteiger partial charge on any atom is 0.191 e. The summed E-state index contributed by atoms with van der Waals surface area (Å²) in [6.45, 7) is 15.7. The van der Waals surface area contributed by atoms with Crippen LogP contribution in [0.5, 0.6) is 0 Å². The van der Waals surface area contributed by atoms with Crippen molar-refractivity contribution in [2.24, 2.45) is 10.9 Å². The molecule has 1 fully saturated rings. The Morgan fingerprint density at radius 1 is 1.32 bits per heavy atom. The van der Waals surface area contributed by atoms with E-state index in [2.05, 4.69) is 34.4 Å². The molecule has 0 spiro atoms. The SMILES string of the molecule is CCNC(=NCC(C)(C)OC)NCC(C)CN1CCOCC1. The van der Waals surface area contributed by atoms with Gasteiger partial charge in [-0.3, -0.25) is 9.89 Å². The van der Waals surface area contributed by atoms with Gasteiger partial charge in [0.15, 0.2) is 5.96 Å². The van der Waals surface area contributed by atoms with Crippen LogP contribution in [-0.4, -0.2) is 76.1 Å². The quantitative estimate of drug-likeness (QED) is 0.516. The van der Waals surface area contributed by atoms with E-state index in [4.69, 9.17) is 9.47 Å². The van der Waals surface area contributed by atoms with E-state index in [1.165, 1.54) is 0 Å². The van der Waals surface area contributed by atoms with Crippen molar-refractivity contribution in [1.82, 2.24) is 15.5 Å². The molecule has 1 aliphatic heterocycles. The number of aliphatic imine (C=N–C) groups is 1. The summed E-state index contributed by atoms with van der Waals surface area (Å²) in [6, 6.07) is 0. The van der Waals surface area contributed by atoms with Gasteiger partial charge in [-0.05, 0) is 26.7 Å². The standard InChI is InChI=1S/C16H34N4O2/c1-6-17-15(19-13-16(3,4)21-5)18-11-14(2)12-20-7-9-22-10-8-20/h14H,6-13H2,1-5H3,(H2,17,18,19). The van der Waals surface area contributed by atoms with Crippen LogP contribution in [0.4, 0.5) is 0 Å². The van der Waals surface area contributed by atoms with Crippen LogP contribution in [0.15, 0.2) is 4.99 Å². The van der Waals surface area contributed by atoms with Crippen molar-refractivity contribution in [2.45, 2.75) is 33.3 Å². The van der Waals surface area contributed by atoms with Gasteiger partial charge in [0.1, 0.15) is 0 Å². The molecule has 0 bridgehead atoms. The van der Waals surface area contributed by atoms with Crippen LogP contribution < -0.4 is 10.6 Å². The molecular weight excluding hydrogens is 280 g/mol. The highest BCUT2D eigenvalue weighted by atomic mass is 16.5. The third-order valence-corrected chi connectivity index (χ3v) is 3.81. The molecule has 0 aromatic rings. The summed E-state index contributed by atoms with van der Waals surface area (Å²) < 4.78 is 10.8. The summed E-state index contributed by atoms with van der Waals surface area (Å²) in [7, 11) is 1.72.